The van der Waals surface area contributed by atoms with E-state index in [9.17, 15) is 27.2 Å². The van der Waals surface area contributed by atoms with E-state index in [1.807, 2.05) is 0 Å². The largest absolute Gasteiger partial charge is 0.497 e. The topological polar surface area (TPSA) is 92.1 Å². The first-order valence-corrected chi connectivity index (χ1v) is 11.1. The Morgan fingerprint density at radius 2 is 1.70 bits per heavy atom. The zero-order chi connectivity index (χ0) is 26.7. The van der Waals surface area contributed by atoms with Gasteiger partial charge in [0.2, 0.25) is 0 Å². The Kier molecular flexibility index (Phi) is 7.25. The first kappa shape index (κ1) is 25.8. The summed E-state index contributed by atoms with van der Waals surface area (Å²) in [6.45, 7) is -0.191. The van der Waals surface area contributed by atoms with Crippen molar-refractivity contribution in [2.75, 3.05) is 7.11 Å². The first-order valence-electron chi connectivity index (χ1n) is 11.1. The molecule has 0 amide bonds. The van der Waals surface area contributed by atoms with Crippen molar-refractivity contribution in [2.45, 2.75) is 25.2 Å². The lowest BCUT2D eigenvalue weighted by molar-refractivity contribution is -0.138. The second-order valence-corrected chi connectivity index (χ2v) is 8.21. The summed E-state index contributed by atoms with van der Waals surface area (Å²) in [7, 11) is 1.40. The van der Waals surface area contributed by atoms with Gasteiger partial charge >= 0.3 is 11.9 Å². The average molecular weight is 514 g/mol. The quantitative estimate of drug-likeness (QED) is 0.379. The third-order valence-electron chi connectivity index (χ3n) is 5.78. The molecule has 0 saturated heterocycles. The lowest BCUT2D eigenvalue weighted by Crippen LogP contribution is -2.44. The van der Waals surface area contributed by atoms with Crippen LogP contribution in [0.1, 0.15) is 28.4 Å². The van der Waals surface area contributed by atoms with E-state index in [-0.39, 0.29) is 12.2 Å². The number of alkyl halides is 3. The summed E-state index contributed by atoms with van der Waals surface area (Å²) in [5.74, 6) is -0.814. The molecule has 4 rings (SSSR count). The van der Waals surface area contributed by atoms with E-state index < -0.39 is 52.5 Å². The molecule has 0 aliphatic carbocycles. The van der Waals surface area contributed by atoms with Gasteiger partial charge in [0.05, 0.1) is 24.9 Å². The maximum atomic E-state index is 14.6. The molecular weight excluding hydrogens is 492 g/mol. The summed E-state index contributed by atoms with van der Waals surface area (Å²) in [5, 5.41) is 4.05. The van der Waals surface area contributed by atoms with Gasteiger partial charge in [0, 0.05) is 24.1 Å². The van der Waals surface area contributed by atoms with Crippen LogP contribution in [0, 0.1) is 5.82 Å². The fraction of sp³-hybridized carbons (Fsp3) is 0.192. The van der Waals surface area contributed by atoms with Gasteiger partial charge in [-0.15, -0.1) is 0 Å². The maximum Gasteiger partial charge on any atom is 0.416 e. The van der Waals surface area contributed by atoms with Gasteiger partial charge in [0.15, 0.2) is 0 Å². The summed E-state index contributed by atoms with van der Waals surface area (Å²) in [4.78, 5) is 26.8. The SMILES string of the molecule is COc1cccc(-n2c(=O)c(Cc3c(F)cccc3C(F)(F)F)nn(CC(N)c3ccccc3)c2=O)c1. The number of rotatable bonds is 7. The molecule has 1 atom stereocenters. The molecule has 2 N–H and O–H groups in total. The van der Waals surface area contributed by atoms with Gasteiger partial charge in [-0.1, -0.05) is 42.5 Å². The third kappa shape index (κ3) is 5.46. The minimum absolute atomic E-state index is 0.101. The van der Waals surface area contributed by atoms with E-state index in [2.05, 4.69) is 5.10 Å². The van der Waals surface area contributed by atoms with Crippen LogP contribution in [0.5, 0.6) is 5.75 Å². The lowest BCUT2D eigenvalue weighted by Gasteiger charge is -2.17. The second-order valence-electron chi connectivity index (χ2n) is 8.21. The van der Waals surface area contributed by atoms with Gasteiger partial charge in [-0.25, -0.2) is 18.4 Å². The minimum atomic E-state index is -4.87. The number of hydrogen-bond donors (Lipinski definition) is 1. The molecule has 0 aliphatic heterocycles. The molecule has 1 unspecified atom stereocenters. The predicted molar refractivity (Wildman–Crippen MR) is 128 cm³/mol. The van der Waals surface area contributed by atoms with Crippen molar-refractivity contribution < 1.29 is 22.3 Å². The highest BCUT2D eigenvalue weighted by Gasteiger charge is 2.35. The summed E-state index contributed by atoms with van der Waals surface area (Å²) >= 11 is 0. The van der Waals surface area contributed by atoms with Crippen LogP contribution in [0.2, 0.25) is 0 Å². The monoisotopic (exact) mass is 514 g/mol. The van der Waals surface area contributed by atoms with Crippen LogP contribution in [0.3, 0.4) is 0 Å². The molecule has 192 valence electrons. The Morgan fingerprint density at radius 3 is 2.38 bits per heavy atom. The highest BCUT2D eigenvalue weighted by molar-refractivity contribution is 5.40. The van der Waals surface area contributed by atoms with Crippen LogP contribution in [0.4, 0.5) is 17.6 Å². The van der Waals surface area contributed by atoms with Crippen LogP contribution >= 0.6 is 0 Å². The normalized spacial score (nSPS) is 12.4. The van der Waals surface area contributed by atoms with Gasteiger partial charge < -0.3 is 10.5 Å². The molecule has 0 radical (unpaired) electrons. The number of methoxy groups -OCH3 is 1. The third-order valence-corrected chi connectivity index (χ3v) is 5.78. The van der Waals surface area contributed by atoms with Crippen LogP contribution in [-0.4, -0.2) is 21.5 Å². The van der Waals surface area contributed by atoms with E-state index in [0.717, 1.165) is 27.4 Å². The number of aromatic nitrogens is 3. The Labute approximate surface area is 208 Å². The van der Waals surface area contributed by atoms with Crippen LogP contribution in [0.25, 0.3) is 5.69 Å². The smallest absolute Gasteiger partial charge is 0.416 e. The maximum absolute atomic E-state index is 14.6. The number of ether oxygens (including phenoxy) is 1. The Bertz CT molecular complexity index is 1530. The summed E-state index contributed by atoms with van der Waals surface area (Å²) in [6.07, 6.45) is -5.67. The van der Waals surface area contributed by atoms with Crippen molar-refractivity contribution in [3.8, 4) is 11.4 Å². The molecular formula is C26H22F4N4O3. The fourth-order valence-electron chi connectivity index (χ4n) is 3.93. The molecule has 0 saturated carbocycles. The van der Waals surface area contributed by atoms with Gasteiger partial charge in [-0.2, -0.15) is 18.3 Å². The molecule has 1 aromatic heterocycles. The number of nitrogens with zero attached hydrogens (tertiary/aromatic N) is 3. The van der Waals surface area contributed by atoms with E-state index >= 15 is 0 Å². The molecule has 11 heteroatoms. The number of benzene rings is 3. The van der Waals surface area contributed by atoms with Gasteiger partial charge in [0.1, 0.15) is 17.3 Å². The van der Waals surface area contributed by atoms with Gasteiger partial charge in [-0.05, 0) is 29.8 Å². The molecule has 7 nitrogen and oxygen atoms in total. The Hall–Kier alpha value is -4.25. The fourth-order valence-corrected chi connectivity index (χ4v) is 3.93. The lowest BCUT2D eigenvalue weighted by atomic mass is 10.0. The van der Waals surface area contributed by atoms with Crippen LogP contribution in [0.15, 0.2) is 82.4 Å². The van der Waals surface area contributed by atoms with Gasteiger partial charge in [0.25, 0.3) is 5.56 Å². The highest BCUT2D eigenvalue weighted by atomic mass is 19.4. The van der Waals surface area contributed by atoms with Crippen molar-refractivity contribution in [3.63, 3.8) is 0 Å². The van der Waals surface area contributed by atoms with E-state index in [4.69, 9.17) is 10.5 Å². The van der Waals surface area contributed by atoms with Crippen molar-refractivity contribution in [2.24, 2.45) is 5.73 Å². The summed E-state index contributed by atoms with van der Waals surface area (Å²) in [5.41, 5.74) is 2.73. The molecule has 3 aromatic carbocycles. The minimum Gasteiger partial charge on any atom is -0.497 e. The van der Waals surface area contributed by atoms with Gasteiger partial charge in [-0.3, -0.25) is 4.79 Å². The van der Waals surface area contributed by atoms with E-state index in [1.54, 1.807) is 42.5 Å². The Balaban J connectivity index is 1.91. The summed E-state index contributed by atoms with van der Waals surface area (Å²) < 4.78 is 62.2. The molecule has 0 fully saturated rings. The van der Waals surface area contributed by atoms with Crippen molar-refractivity contribution >= 4 is 0 Å². The highest BCUT2D eigenvalue weighted by Crippen LogP contribution is 2.33. The number of halogens is 4. The molecule has 1 heterocycles. The number of hydrogen-bond acceptors (Lipinski definition) is 5. The van der Waals surface area contributed by atoms with Crippen molar-refractivity contribution in [1.29, 1.82) is 0 Å². The van der Waals surface area contributed by atoms with Crippen molar-refractivity contribution in [3.05, 3.63) is 122 Å². The molecule has 0 bridgehead atoms. The molecule has 4 aromatic rings. The van der Waals surface area contributed by atoms with Crippen molar-refractivity contribution in [1.82, 2.24) is 14.3 Å². The predicted octanol–water partition coefficient (Wildman–Crippen LogP) is 3.85. The Morgan fingerprint density at radius 1 is 1.00 bits per heavy atom. The number of nitrogens with two attached hydrogens (primary N) is 1. The van der Waals surface area contributed by atoms with E-state index in [1.165, 1.54) is 19.2 Å². The summed E-state index contributed by atoms with van der Waals surface area (Å²) in [6, 6.07) is 16.6. The molecule has 37 heavy (non-hydrogen) atoms. The van der Waals surface area contributed by atoms with Crippen LogP contribution in [-0.2, 0) is 19.1 Å². The zero-order valence-corrected chi connectivity index (χ0v) is 19.6. The van der Waals surface area contributed by atoms with E-state index in [0.29, 0.717) is 11.3 Å². The molecule has 0 aliphatic rings. The molecule has 0 spiro atoms. The second kappa shape index (κ2) is 10.4. The van der Waals surface area contributed by atoms with Crippen LogP contribution < -0.4 is 21.7 Å². The average Bonchev–Trinajstić information content (AvgIpc) is 2.88. The standard InChI is InChI=1S/C26H22F4N4O3/c1-37-18-10-5-9-17(13-18)34-24(35)23(14-19-20(26(28,29)30)11-6-12-21(19)27)32-33(25(34)36)15-22(31)16-7-3-2-4-8-16/h2-13,22H,14-15,31H2,1H3. The zero-order valence-electron chi connectivity index (χ0n) is 19.6. The first-order chi connectivity index (χ1) is 17.6.